The maximum atomic E-state index is 9.72. The molecule has 1 rings (SSSR count). The summed E-state index contributed by atoms with van der Waals surface area (Å²) in [4.78, 5) is 0. The highest BCUT2D eigenvalue weighted by Gasteiger charge is 2.22. The molecule has 0 saturated heterocycles. The molecule has 0 radical (unpaired) electrons. The Labute approximate surface area is 107 Å². The van der Waals surface area contributed by atoms with Crippen molar-refractivity contribution >= 4 is 0 Å². The van der Waals surface area contributed by atoms with E-state index in [1.165, 1.54) is 12.1 Å². The lowest BCUT2D eigenvalue weighted by molar-refractivity contribution is -0.174. The highest BCUT2D eigenvalue weighted by Crippen LogP contribution is 2.16. The van der Waals surface area contributed by atoms with Gasteiger partial charge in [0.05, 0.1) is 6.54 Å². The molecule has 102 valence electrons. The van der Waals surface area contributed by atoms with Gasteiger partial charge in [0.15, 0.2) is 0 Å². The van der Waals surface area contributed by atoms with E-state index in [0.29, 0.717) is 5.75 Å². The van der Waals surface area contributed by atoms with Gasteiger partial charge >= 0.3 is 0 Å². The van der Waals surface area contributed by atoms with Crippen molar-refractivity contribution < 1.29 is 20.2 Å². The van der Waals surface area contributed by atoms with Crippen LogP contribution in [0.1, 0.15) is 20.8 Å². The monoisotopic (exact) mass is 255 g/mol. The largest absolute Gasteiger partial charge is 0.508 e. The van der Waals surface area contributed by atoms with E-state index in [2.05, 4.69) is 0 Å². The molecule has 0 amide bonds. The van der Waals surface area contributed by atoms with Crippen LogP contribution in [-0.2, 0) is 0 Å². The molecule has 1 unspecified atom stereocenters. The molecule has 0 aliphatic rings. The number of aliphatic hydroxyl groups excluding tert-OH is 1. The molecule has 0 aliphatic carbocycles. The van der Waals surface area contributed by atoms with Crippen molar-refractivity contribution in [3.63, 3.8) is 0 Å². The van der Waals surface area contributed by atoms with Crippen molar-refractivity contribution in [3.05, 3.63) is 24.3 Å². The van der Waals surface area contributed by atoms with E-state index in [1.54, 1.807) is 12.1 Å². The number of hydrogen-bond acceptors (Lipinski definition) is 5. The number of aromatic hydroxyl groups is 1. The van der Waals surface area contributed by atoms with E-state index in [0.717, 1.165) is 5.06 Å². The smallest absolute Gasteiger partial charge is 0.119 e. The number of nitrogens with zero attached hydrogens (tertiary/aromatic N) is 1. The van der Waals surface area contributed by atoms with E-state index in [-0.39, 0.29) is 18.9 Å². The second-order valence-corrected chi connectivity index (χ2v) is 5.21. The second-order valence-electron chi connectivity index (χ2n) is 5.21. The molecule has 0 aliphatic heterocycles. The molecule has 0 spiro atoms. The number of aliphatic hydroxyl groups is 1. The van der Waals surface area contributed by atoms with Crippen molar-refractivity contribution in [3.8, 4) is 11.5 Å². The van der Waals surface area contributed by atoms with Gasteiger partial charge < -0.3 is 20.2 Å². The zero-order valence-electron chi connectivity index (χ0n) is 11.0. The van der Waals surface area contributed by atoms with Crippen molar-refractivity contribution in [1.29, 1.82) is 0 Å². The molecule has 18 heavy (non-hydrogen) atoms. The van der Waals surface area contributed by atoms with Gasteiger partial charge in [-0.05, 0) is 45.0 Å². The third kappa shape index (κ3) is 4.91. The summed E-state index contributed by atoms with van der Waals surface area (Å²) in [5, 5.41) is 29.6. The minimum absolute atomic E-state index is 0.0813. The van der Waals surface area contributed by atoms with Gasteiger partial charge in [0.25, 0.3) is 0 Å². The average molecular weight is 255 g/mol. The predicted molar refractivity (Wildman–Crippen MR) is 67.9 cm³/mol. The summed E-state index contributed by atoms with van der Waals surface area (Å²) >= 11 is 0. The molecular formula is C13H21NO4. The Hall–Kier alpha value is -1.30. The number of β-amino-alcohol motifs (C(OH)–C–C–N with tert-alkyl or cyclic N) is 1. The number of rotatable bonds is 5. The van der Waals surface area contributed by atoms with Crippen molar-refractivity contribution in [2.45, 2.75) is 32.4 Å². The highest BCUT2D eigenvalue weighted by molar-refractivity contribution is 5.30. The third-order valence-corrected chi connectivity index (χ3v) is 2.44. The zero-order valence-corrected chi connectivity index (χ0v) is 11.0. The summed E-state index contributed by atoms with van der Waals surface area (Å²) in [5.41, 5.74) is -0.417. The Morgan fingerprint density at radius 3 is 2.28 bits per heavy atom. The Bertz CT molecular complexity index is 358. The summed E-state index contributed by atoms with van der Waals surface area (Å²) in [6.45, 7) is 5.74. The molecule has 5 nitrogen and oxygen atoms in total. The first kappa shape index (κ1) is 14.8. The number of hydroxylamine groups is 2. The molecule has 1 aromatic rings. The van der Waals surface area contributed by atoms with Gasteiger partial charge in [0.1, 0.15) is 24.2 Å². The SMILES string of the molecule is CC(C)(C)N(O)CC(O)COc1ccc(O)cc1. The Balaban J connectivity index is 2.37. The zero-order chi connectivity index (χ0) is 13.8. The minimum atomic E-state index is -0.789. The van der Waals surface area contributed by atoms with Crippen LogP contribution in [0.25, 0.3) is 0 Å². The Kier molecular flexibility index (Phi) is 4.95. The van der Waals surface area contributed by atoms with Crippen LogP contribution in [0.5, 0.6) is 11.5 Å². The van der Waals surface area contributed by atoms with Crippen LogP contribution in [0.2, 0.25) is 0 Å². The standard InChI is InChI=1S/C13H21NO4/c1-13(2,3)14(17)8-11(16)9-18-12-6-4-10(15)5-7-12/h4-7,11,15-17H,8-9H2,1-3H3. The molecule has 0 saturated carbocycles. The molecule has 0 heterocycles. The Morgan fingerprint density at radius 1 is 1.22 bits per heavy atom. The second kappa shape index (κ2) is 6.04. The first-order chi connectivity index (χ1) is 8.29. The van der Waals surface area contributed by atoms with E-state index in [9.17, 15) is 10.3 Å². The van der Waals surface area contributed by atoms with Gasteiger partial charge in [-0.25, -0.2) is 0 Å². The molecular weight excluding hydrogens is 234 g/mol. The van der Waals surface area contributed by atoms with Gasteiger partial charge in [-0.1, -0.05) is 0 Å². The maximum Gasteiger partial charge on any atom is 0.119 e. The first-order valence-corrected chi connectivity index (χ1v) is 5.85. The normalized spacial score (nSPS) is 13.7. The van der Waals surface area contributed by atoms with Gasteiger partial charge in [-0.2, -0.15) is 5.06 Å². The molecule has 1 atom stereocenters. The molecule has 0 aromatic heterocycles. The third-order valence-electron chi connectivity index (χ3n) is 2.44. The van der Waals surface area contributed by atoms with E-state index < -0.39 is 11.6 Å². The quantitative estimate of drug-likeness (QED) is 0.697. The van der Waals surface area contributed by atoms with Crippen molar-refractivity contribution in [2.75, 3.05) is 13.2 Å². The summed E-state index contributed by atoms with van der Waals surface area (Å²) in [6, 6.07) is 6.25. The molecule has 0 fully saturated rings. The minimum Gasteiger partial charge on any atom is -0.508 e. The van der Waals surface area contributed by atoms with Crippen molar-refractivity contribution in [2.24, 2.45) is 0 Å². The van der Waals surface area contributed by atoms with Crippen molar-refractivity contribution in [1.82, 2.24) is 5.06 Å². The summed E-state index contributed by atoms with van der Waals surface area (Å²) in [6.07, 6.45) is -0.789. The van der Waals surface area contributed by atoms with Crippen LogP contribution in [-0.4, -0.2) is 45.3 Å². The lowest BCUT2D eigenvalue weighted by atomic mass is 10.1. The number of benzene rings is 1. The van der Waals surface area contributed by atoms with Gasteiger partial charge in [-0.3, -0.25) is 0 Å². The number of phenols is 1. The summed E-state index contributed by atoms with van der Waals surface area (Å²) < 4.78 is 5.34. The average Bonchev–Trinajstić information content (AvgIpc) is 2.27. The first-order valence-electron chi connectivity index (χ1n) is 5.85. The fourth-order valence-electron chi connectivity index (χ4n) is 1.26. The molecule has 1 aromatic carbocycles. The maximum absolute atomic E-state index is 9.72. The van der Waals surface area contributed by atoms with E-state index in [4.69, 9.17) is 9.84 Å². The molecule has 0 bridgehead atoms. The van der Waals surface area contributed by atoms with E-state index in [1.807, 2.05) is 20.8 Å². The molecule has 3 N–H and O–H groups in total. The van der Waals surface area contributed by atoms with Crippen LogP contribution in [0.4, 0.5) is 0 Å². The topological polar surface area (TPSA) is 73.2 Å². The van der Waals surface area contributed by atoms with Crippen LogP contribution in [0, 0.1) is 0 Å². The Morgan fingerprint density at radius 2 is 1.78 bits per heavy atom. The highest BCUT2D eigenvalue weighted by atomic mass is 16.5. The fraction of sp³-hybridized carbons (Fsp3) is 0.538. The van der Waals surface area contributed by atoms with Gasteiger partial charge in [-0.15, -0.1) is 0 Å². The molecule has 5 heteroatoms. The van der Waals surface area contributed by atoms with Crippen LogP contribution in [0.15, 0.2) is 24.3 Å². The number of phenolic OH excluding ortho intramolecular Hbond substituents is 1. The van der Waals surface area contributed by atoms with Gasteiger partial charge in [0, 0.05) is 5.54 Å². The van der Waals surface area contributed by atoms with Crippen LogP contribution >= 0.6 is 0 Å². The fourth-order valence-corrected chi connectivity index (χ4v) is 1.26. The number of ether oxygens (including phenoxy) is 1. The van der Waals surface area contributed by atoms with E-state index >= 15 is 0 Å². The van der Waals surface area contributed by atoms with Crippen LogP contribution < -0.4 is 4.74 Å². The lowest BCUT2D eigenvalue weighted by Gasteiger charge is -2.30. The summed E-state index contributed by atoms with van der Waals surface area (Å²) in [7, 11) is 0. The van der Waals surface area contributed by atoms with Crippen LogP contribution in [0.3, 0.4) is 0 Å². The summed E-state index contributed by atoms with van der Waals surface area (Å²) in [5.74, 6) is 0.726. The lowest BCUT2D eigenvalue weighted by Crippen LogP contribution is -2.44. The number of hydrogen-bond donors (Lipinski definition) is 3. The predicted octanol–water partition coefficient (Wildman–Crippen LogP) is 1.62. The van der Waals surface area contributed by atoms with Gasteiger partial charge in [0.2, 0.25) is 0 Å².